The van der Waals surface area contributed by atoms with Gasteiger partial charge in [-0.25, -0.2) is 4.98 Å². The Morgan fingerprint density at radius 3 is 2.68 bits per heavy atom. The number of thiazole rings is 1. The molecule has 1 unspecified atom stereocenters. The van der Waals surface area contributed by atoms with Crippen molar-refractivity contribution in [3.05, 3.63) is 52.2 Å². The number of benzene rings is 1. The van der Waals surface area contributed by atoms with Crippen molar-refractivity contribution in [1.82, 2.24) is 9.88 Å². The highest BCUT2D eigenvalue weighted by atomic mass is 32.1. The number of furan rings is 1. The van der Waals surface area contributed by atoms with Gasteiger partial charge >= 0.3 is 0 Å². The Kier molecular flexibility index (Phi) is 4.82. The average molecular weight is 400 g/mol. The number of rotatable bonds is 4. The molecule has 8 heteroatoms. The highest BCUT2D eigenvalue weighted by Crippen LogP contribution is 2.39. The third-order valence-electron chi connectivity index (χ3n) is 4.75. The van der Waals surface area contributed by atoms with Crippen molar-refractivity contribution >= 4 is 17.2 Å². The second kappa shape index (κ2) is 7.29. The fourth-order valence-electron chi connectivity index (χ4n) is 3.43. The van der Waals surface area contributed by atoms with E-state index < -0.39 is 6.10 Å². The molecule has 1 atom stereocenters. The van der Waals surface area contributed by atoms with Crippen molar-refractivity contribution in [3.8, 4) is 22.3 Å². The smallest absolute Gasteiger partial charge is 0.273 e. The van der Waals surface area contributed by atoms with Gasteiger partial charge in [-0.2, -0.15) is 0 Å². The lowest BCUT2D eigenvalue weighted by Gasteiger charge is -2.33. The van der Waals surface area contributed by atoms with E-state index >= 15 is 0 Å². The maximum Gasteiger partial charge on any atom is 0.273 e. The summed E-state index contributed by atoms with van der Waals surface area (Å²) in [5.41, 5.74) is 1.73. The Balaban J connectivity index is 1.63. The van der Waals surface area contributed by atoms with Crippen molar-refractivity contribution in [2.75, 3.05) is 20.8 Å². The number of aliphatic hydroxyl groups excluding tert-OH is 1. The molecule has 1 amide bonds. The molecule has 0 aliphatic carbocycles. The molecule has 0 saturated carbocycles. The van der Waals surface area contributed by atoms with Gasteiger partial charge in [0.15, 0.2) is 10.8 Å². The molecule has 7 nitrogen and oxygen atoms in total. The Hall–Kier alpha value is -2.84. The first kappa shape index (κ1) is 18.5. The van der Waals surface area contributed by atoms with Crippen LogP contribution in [0.4, 0.5) is 0 Å². The summed E-state index contributed by atoms with van der Waals surface area (Å²) in [6, 6.07) is 7.23. The van der Waals surface area contributed by atoms with Gasteiger partial charge in [-0.15, -0.1) is 11.3 Å². The highest BCUT2D eigenvalue weighted by Gasteiger charge is 2.33. The van der Waals surface area contributed by atoms with E-state index in [2.05, 4.69) is 4.98 Å². The van der Waals surface area contributed by atoms with E-state index in [4.69, 9.17) is 13.9 Å². The Labute approximate surface area is 166 Å². The highest BCUT2D eigenvalue weighted by molar-refractivity contribution is 7.13. The Morgan fingerprint density at radius 2 is 2.00 bits per heavy atom. The molecule has 4 rings (SSSR count). The van der Waals surface area contributed by atoms with Gasteiger partial charge in [-0.05, 0) is 31.2 Å². The lowest BCUT2D eigenvalue weighted by atomic mass is 9.95. The van der Waals surface area contributed by atoms with Gasteiger partial charge in [-0.3, -0.25) is 4.79 Å². The molecule has 1 N–H and O–H groups in total. The minimum atomic E-state index is -0.872. The maximum absolute atomic E-state index is 13.0. The summed E-state index contributed by atoms with van der Waals surface area (Å²) in [4.78, 5) is 19.0. The van der Waals surface area contributed by atoms with Gasteiger partial charge in [0.2, 0.25) is 0 Å². The van der Waals surface area contributed by atoms with Crippen LogP contribution < -0.4 is 9.47 Å². The van der Waals surface area contributed by atoms with Gasteiger partial charge < -0.3 is 23.9 Å². The number of aliphatic hydroxyl groups is 1. The second-order valence-electron chi connectivity index (χ2n) is 6.51. The summed E-state index contributed by atoms with van der Waals surface area (Å²) in [5.74, 6) is 2.36. The fourth-order valence-corrected chi connectivity index (χ4v) is 4.18. The van der Waals surface area contributed by atoms with Crippen LogP contribution in [-0.2, 0) is 6.54 Å². The first-order valence-corrected chi connectivity index (χ1v) is 9.63. The van der Waals surface area contributed by atoms with Crippen LogP contribution in [0.1, 0.15) is 33.5 Å². The van der Waals surface area contributed by atoms with E-state index in [1.165, 1.54) is 11.3 Å². The molecule has 0 fully saturated rings. The number of β-amino-alcohol motifs (C(OH)–C–C–N with tert-alkyl or cyclic N) is 1. The maximum atomic E-state index is 13.0. The molecule has 1 aliphatic heterocycles. The van der Waals surface area contributed by atoms with Crippen molar-refractivity contribution in [3.63, 3.8) is 0 Å². The summed E-state index contributed by atoms with van der Waals surface area (Å²) in [7, 11) is 3.12. The normalized spacial score (nSPS) is 16.0. The SMILES string of the molecule is COc1ccc(OC)c2c1CN(C(=O)c1csc(-c3ccc(C)o3)n1)CC2O. The van der Waals surface area contributed by atoms with E-state index in [1.54, 1.807) is 36.6 Å². The van der Waals surface area contributed by atoms with Crippen LogP contribution >= 0.6 is 11.3 Å². The van der Waals surface area contributed by atoms with Crippen molar-refractivity contribution in [2.45, 2.75) is 19.6 Å². The number of carbonyl (C=O) groups excluding carboxylic acids is 1. The number of hydrogen-bond acceptors (Lipinski definition) is 7. The molecule has 146 valence electrons. The fraction of sp³-hybridized carbons (Fsp3) is 0.300. The van der Waals surface area contributed by atoms with Crippen molar-refractivity contribution in [1.29, 1.82) is 0 Å². The number of aromatic nitrogens is 1. The summed E-state index contributed by atoms with van der Waals surface area (Å²) < 4.78 is 16.4. The Morgan fingerprint density at radius 1 is 1.25 bits per heavy atom. The molecule has 0 saturated heterocycles. The van der Waals surface area contributed by atoms with Crippen LogP contribution in [0.2, 0.25) is 0 Å². The van der Waals surface area contributed by atoms with Crippen LogP contribution in [0.15, 0.2) is 34.1 Å². The van der Waals surface area contributed by atoms with Crippen LogP contribution in [-0.4, -0.2) is 41.7 Å². The van der Waals surface area contributed by atoms with Crippen LogP contribution in [0.5, 0.6) is 11.5 Å². The number of hydrogen-bond donors (Lipinski definition) is 1. The van der Waals surface area contributed by atoms with Gasteiger partial charge in [0.1, 0.15) is 29.1 Å². The first-order chi connectivity index (χ1) is 13.5. The van der Waals surface area contributed by atoms with E-state index in [9.17, 15) is 9.90 Å². The topological polar surface area (TPSA) is 85.0 Å². The number of ether oxygens (including phenoxy) is 2. The first-order valence-electron chi connectivity index (χ1n) is 8.75. The average Bonchev–Trinajstić information content (AvgIpc) is 3.35. The van der Waals surface area contributed by atoms with Crippen LogP contribution in [0.25, 0.3) is 10.8 Å². The lowest BCUT2D eigenvalue weighted by molar-refractivity contribution is 0.0534. The van der Waals surface area contributed by atoms with Gasteiger partial charge in [0, 0.05) is 16.5 Å². The summed E-state index contributed by atoms with van der Waals surface area (Å²) in [6.45, 7) is 2.32. The third kappa shape index (κ3) is 3.14. The number of aryl methyl sites for hydroxylation is 1. The van der Waals surface area contributed by atoms with E-state index in [-0.39, 0.29) is 12.5 Å². The lowest BCUT2D eigenvalue weighted by Crippen LogP contribution is -2.38. The van der Waals surface area contributed by atoms with Crippen molar-refractivity contribution < 1.29 is 23.8 Å². The van der Waals surface area contributed by atoms with Crippen LogP contribution in [0.3, 0.4) is 0 Å². The zero-order valence-corrected chi connectivity index (χ0v) is 16.6. The predicted octanol–water partition coefficient (Wildman–Crippen LogP) is 3.42. The molecule has 0 bridgehead atoms. The molecule has 3 heterocycles. The summed E-state index contributed by atoms with van der Waals surface area (Å²) in [5, 5.41) is 13.0. The third-order valence-corrected chi connectivity index (χ3v) is 5.61. The number of carbonyl (C=O) groups is 1. The van der Waals surface area contributed by atoms with E-state index in [0.29, 0.717) is 40.1 Å². The minimum absolute atomic E-state index is 0.155. The summed E-state index contributed by atoms with van der Waals surface area (Å²) in [6.07, 6.45) is -0.872. The molecule has 1 aromatic carbocycles. The van der Waals surface area contributed by atoms with E-state index in [1.807, 2.05) is 19.1 Å². The molecular weight excluding hydrogens is 380 g/mol. The van der Waals surface area contributed by atoms with Gasteiger partial charge in [-0.1, -0.05) is 0 Å². The number of methoxy groups -OCH3 is 2. The molecular formula is C20H20N2O5S. The molecule has 28 heavy (non-hydrogen) atoms. The van der Waals surface area contributed by atoms with Crippen molar-refractivity contribution in [2.24, 2.45) is 0 Å². The van der Waals surface area contributed by atoms with Crippen LogP contribution in [0, 0.1) is 6.92 Å². The number of fused-ring (bicyclic) bond motifs is 1. The molecule has 0 radical (unpaired) electrons. The summed E-state index contributed by atoms with van der Waals surface area (Å²) >= 11 is 1.35. The predicted molar refractivity (Wildman–Crippen MR) is 104 cm³/mol. The number of nitrogens with zero attached hydrogens (tertiary/aromatic N) is 2. The molecule has 3 aromatic rings. The zero-order valence-electron chi connectivity index (χ0n) is 15.8. The molecule has 1 aliphatic rings. The standard InChI is InChI=1S/C20H20N2O5S/c1-11-4-5-17(27-11)19-21-13(10-28-19)20(24)22-8-12-15(25-2)6-7-16(26-3)18(12)14(23)9-22/h4-7,10,14,23H,8-9H2,1-3H3. The second-order valence-corrected chi connectivity index (χ2v) is 7.37. The monoisotopic (exact) mass is 400 g/mol. The Bertz CT molecular complexity index is 1030. The minimum Gasteiger partial charge on any atom is -0.496 e. The molecule has 2 aromatic heterocycles. The number of amides is 1. The quantitative estimate of drug-likeness (QED) is 0.722. The van der Waals surface area contributed by atoms with Gasteiger partial charge in [0.05, 0.1) is 27.3 Å². The van der Waals surface area contributed by atoms with E-state index in [0.717, 1.165) is 11.3 Å². The van der Waals surface area contributed by atoms with Gasteiger partial charge in [0.25, 0.3) is 5.91 Å². The molecule has 0 spiro atoms. The zero-order chi connectivity index (χ0) is 19.8. The largest absolute Gasteiger partial charge is 0.496 e.